The van der Waals surface area contributed by atoms with Crippen molar-refractivity contribution in [2.24, 2.45) is 0 Å². The predicted octanol–water partition coefficient (Wildman–Crippen LogP) is 14.8. The van der Waals surface area contributed by atoms with Gasteiger partial charge in [-0.15, -0.1) is 0 Å². The SMILES string of the molecule is N#Cc1c(N)nc2c3c(cc(-c4ccc(-c5ccc(N(c6ccccc6)c6ccccc6)cc5)cc4)nc13)-c1ccc(-c3ccc(N(c4ccccc4)c4ccccc4)cc3)cc1O2. The lowest BCUT2D eigenvalue weighted by Gasteiger charge is -2.25. The lowest BCUT2D eigenvalue weighted by atomic mass is 9.93. The Labute approximate surface area is 371 Å². The summed E-state index contributed by atoms with van der Waals surface area (Å²) in [4.78, 5) is 14.1. The minimum absolute atomic E-state index is 0.0778. The van der Waals surface area contributed by atoms with Crippen LogP contribution < -0.4 is 20.3 Å². The first-order valence-electron chi connectivity index (χ1n) is 21.1. The van der Waals surface area contributed by atoms with Crippen LogP contribution in [-0.4, -0.2) is 9.97 Å². The van der Waals surface area contributed by atoms with Crippen molar-refractivity contribution in [3.05, 3.63) is 224 Å². The van der Waals surface area contributed by atoms with Crippen LogP contribution in [0.3, 0.4) is 0 Å². The van der Waals surface area contributed by atoms with E-state index in [4.69, 9.17) is 15.5 Å². The molecule has 64 heavy (non-hydrogen) atoms. The first kappa shape index (κ1) is 38.0. The van der Waals surface area contributed by atoms with Gasteiger partial charge in [0, 0.05) is 50.8 Å². The van der Waals surface area contributed by atoms with Crippen molar-refractivity contribution in [3.63, 3.8) is 0 Å². The number of hydrogen-bond acceptors (Lipinski definition) is 7. The number of pyridine rings is 2. The number of nitrogens with two attached hydrogens (primary N) is 1. The van der Waals surface area contributed by atoms with Gasteiger partial charge in [-0.25, -0.2) is 4.98 Å². The van der Waals surface area contributed by atoms with Gasteiger partial charge >= 0.3 is 0 Å². The molecule has 0 bridgehead atoms. The van der Waals surface area contributed by atoms with Crippen LogP contribution in [0.15, 0.2) is 218 Å². The van der Waals surface area contributed by atoms with E-state index in [0.717, 1.165) is 73.1 Å². The molecule has 1 aliphatic rings. The molecule has 1 aliphatic heterocycles. The summed E-state index contributed by atoms with van der Waals surface area (Å²) in [5.74, 6) is 1.06. The topological polar surface area (TPSA) is 91.3 Å². The van der Waals surface area contributed by atoms with Crippen LogP contribution in [0.4, 0.5) is 39.9 Å². The molecule has 3 heterocycles. The Balaban J connectivity index is 0.919. The number of anilines is 7. The molecule has 302 valence electrons. The first-order chi connectivity index (χ1) is 31.6. The maximum atomic E-state index is 10.3. The minimum Gasteiger partial charge on any atom is -0.438 e. The number of fused-ring (bicyclic) bond motifs is 2. The Hall–Kier alpha value is -8.99. The molecule has 0 saturated heterocycles. The summed E-state index contributed by atoms with van der Waals surface area (Å²) in [5.41, 5.74) is 21.1. The molecule has 2 N–H and O–H groups in total. The fourth-order valence-corrected chi connectivity index (χ4v) is 8.58. The fraction of sp³-hybridized carbons (Fsp3) is 0. The third kappa shape index (κ3) is 6.91. The van der Waals surface area contributed by atoms with Crippen molar-refractivity contribution in [1.29, 1.82) is 5.26 Å². The second kappa shape index (κ2) is 16.1. The van der Waals surface area contributed by atoms with E-state index in [-0.39, 0.29) is 11.4 Å². The van der Waals surface area contributed by atoms with E-state index in [1.54, 1.807) is 0 Å². The van der Waals surface area contributed by atoms with Crippen LogP contribution in [0.2, 0.25) is 0 Å². The lowest BCUT2D eigenvalue weighted by molar-refractivity contribution is 0.468. The van der Waals surface area contributed by atoms with Gasteiger partial charge in [-0.1, -0.05) is 127 Å². The van der Waals surface area contributed by atoms with Gasteiger partial charge in [-0.05, 0) is 113 Å². The zero-order valence-electron chi connectivity index (χ0n) is 34.5. The van der Waals surface area contributed by atoms with Gasteiger partial charge < -0.3 is 20.3 Å². The number of hydrogen-bond donors (Lipinski definition) is 1. The summed E-state index contributed by atoms with van der Waals surface area (Å²) >= 11 is 0. The van der Waals surface area contributed by atoms with E-state index in [2.05, 4.69) is 209 Å². The average molecular weight is 823 g/mol. The van der Waals surface area contributed by atoms with Crippen molar-refractivity contribution in [2.75, 3.05) is 15.5 Å². The van der Waals surface area contributed by atoms with Crippen LogP contribution in [0, 0.1) is 11.3 Å². The average Bonchev–Trinajstić information content (AvgIpc) is 3.36. The number of para-hydroxylation sites is 4. The molecule has 0 saturated carbocycles. The standard InChI is InChI=1S/C57H38N6O/c58-37-51-55-54-50(36-52(60-55)41-23-21-38(22-24-41)39-25-30-47(31-26-39)62(43-13-5-1-6-14-43)44-15-7-2-8-16-44)49-34-29-42(35-53(49)64-57(54)61-56(51)59)40-27-32-48(33-28-40)63(45-17-9-3-10-18-45)46-19-11-4-12-20-46/h1-36H,(H2,59,61). The third-order valence-corrected chi connectivity index (χ3v) is 11.7. The Morgan fingerprint density at radius 3 is 1.30 bits per heavy atom. The zero-order chi connectivity index (χ0) is 43.0. The molecule has 0 fully saturated rings. The van der Waals surface area contributed by atoms with E-state index in [1.165, 1.54) is 0 Å². The molecule has 0 unspecified atom stereocenters. The molecular weight excluding hydrogens is 785 g/mol. The summed E-state index contributed by atoms with van der Waals surface area (Å²) in [6.45, 7) is 0. The summed E-state index contributed by atoms with van der Waals surface area (Å²) in [5, 5.41) is 10.9. The molecule has 0 amide bonds. The summed E-state index contributed by atoms with van der Waals surface area (Å²) in [6, 6.07) is 77.6. The van der Waals surface area contributed by atoms with E-state index in [9.17, 15) is 5.26 Å². The van der Waals surface area contributed by atoms with Crippen molar-refractivity contribution >= 4 is 50.8 Å². The van der Waals surface area contributed by atoms with E-state index < -0.39 is 0 Å². The smallest absolute Gasteiger partial charge is 0.231 e. The molecule has 0 aliphatic carbocycles. The van der Waals surface area contributed by atoms with Gasteiger partial charge in [-0.2, -0.15) is 10.2 Å². The van der Waals surface area contributed by atoms with Crippen molar-refractivity contribution in [3.8, 4) is 62.3 Å². The predicted molar refractivity (Wildman–Crippen MR) is 260 cm³/mol. The highest BCUT2D eigenvalue weighted by molar-refractivity contribution is 6.06. The van der Waals surface area contributed by atoms with Crippen molar-refractivity contribution < 1.29 is 4.74 Å². The highest BCUT2D eigenvalue weighted by Gasteiger charge is 2.27. The number of nitrogens with zero attached hydrogens (tertiary/aromatic N) is 5. The van der Waals surface area contributed by atoms with Crippen LogP contribution in [0.5, 0.6) is 11.6 Å². The number of benzene rings is 8. The van der Waals surface area contributed by atoms with E-state index in [0.29, 0.717) is 28.2 Å². The third-order valence-electron chi connectivity index (χ3n) is 11.7. The van der Waals surface area contributed by atoms with Crippen LogP contribution in [0.1, 0.15) is 5.56 Å². The lowest BCUT2D eigenvalue weighted by Crippen LogP contribution is -2.09. The molecular formula is C57H38N6O. The maximum Gasteiger partial charge on any atom is 0.231 e. The van der Waals surface area contributed by atoms with E-state index >= 15 is 0 Å². The first-order valence-corrected chi connectivity index (χ1v) is 21.1. The number of nitrogen functional groups attached to an aromatic ring is 1. The van der Waals surface area contributed by atoms with Gasteiger partial charge in [0.15, 0.2) is 0 Å². The minimum atomic E-state index is 0.0778. The van der Waals surface area contributed by atoms with Gasteiger partial charge in [0.05, 0.1) is 16.6 Å². The molecule has 11 rings (SSSR count). The van der Waals surface area contributed by atoms with Gasteiger partial charge in [0.1, 0.15) is 23.2 Å². The summed E-state index contributed by atoms with van der Waals surface area (Å²) < 4.78 is 6.50. The molecule has 0 spiro atoms. The highest BCUT2D eigenvalue weighted by Crippen LogP contribution is 2.49. The monoisotopic (exact) mass is 822 g/mol. The van der Waals surface area contributed by atoms with Gasteiger partial charge in [0.2, 0.25) is 5.88 Å². The Morgan fingerprint density at radius 2 is 0.828 bits per heavy atom. The second-order valence-electron chi connectivity index (χ2n) is 15.6. The normalized spacial score (nSPS) is 11.3. The Bertz CT molecular complexity index is 3260. The van der Waals surface area contributed by atoms with E-state index in [1.807, 2.05) is 30.3 Å². The Morgan fingerprint density at radius 1 is 0.422 bits per heavy atom. The molecule has 7 nitrogen and oxygen atoms in total. The van der Waals surface area contributed by atoms with Crippen molar-refractivity contribution in [1.82, 2.24) is 9.97 Å². The number of aromatic nitrogens is 2. The molecule has 8 aromatic carbocycles. The Kier molecular flexibility index (Phi) is 9.57. The molecule has 0 radical (unpaired) electrons. The largest absolute Gasteiger partial charge is 0.438 e. The number of nitriles is 1. The maximum absolute atomic E-state index is 10.3. The van der Waals surface area contributed by atoms with Crippen molar-refractivity contribution in [2.45, 2.75) is 0 Å². The summed E-state index contributed by atoms with van der Waals surface area (Å²) in [7, 11) is 0. The molecule has 2 aromatic heterocycles. The number of rotatable bonds is 9. The van der Waals surface area contributed by atoms with Gasteiger partial charge in [-0.3, -0.25) is 0 Å². The van der Waals surface area contributed by atoms with Gasteiger partial charge in [0.25, 0.3) is 0 Å². The quantitative estimate of drug-likeness (QED) is 0.155. The highest BCUT2D eigenvalue weighted by atomic mass is 16.5. The second-order valence-corrected chi connectivity index (χ2v) is 15.6. The molecule has 10 aromatic rings. The molecule has 0 atom stereocenters. The molecule has 7 heteroatoms. The van der Waals surface area contributed by atoms with Crippen LogP contribution in [-0.2, 0) is 0 Å². The fourth-order valence-electron chi connectivity index (χ4n) is 8.58. The number of ether oxygens (including phenoxy) is 1. The van der Waals surface area contributed by atoms with Crippen LogP contribution >= 0.6 is 0 Å². The summed E-state index contributed by atoms with van der Waals surface area (Å²) in [6.07, 6.45) is 0. The van der Waals surface area contributed by atoms with Crippen LogP contribution in [0.25, 0.3) is 55.5 Å². The zero-order valence-corrected chi connectivity index (χ0v) is 34.5.